The van der Waals surface area contributed by atoms with Crippen molar-refractivity contribution in [1.82, 2.24) is 0 Å². The van der Waals surface area contributed by atoms with Crippen LogP contribution in [0.4, 0.5) is 5.69 Å². The summed E-state index contributed by atoms with van der Waals surface area (Å²) in [6.45, 7) is 0.330. The fourth-order valence-electron chi connectivity index (χ4n) is 3.42. The van der Waals surface area contributed by atoms with E-state index in [0.29, 0.717) is 28.9 Å². The van der Waals surface area contributed by atoms with Crippen molar-refractivity contribution in [3.8, 4) is 6.07 Å². The molecule has 0 radical (unpaired) electrons. The van der Waals surface area contributed by atoms with Crippen LogP contribution in [0.1, 0.15) is 22.3 Å². The summed E-state index contributed by atoms with van der Waals surface area (Å²) in [6.07, 6.45) is 0. The highest BCUT2D eigenvalue weighted by Gasteiger charge is 2.50. The SMILES string of the molecule is N#Cc1ccc(CN2C(=O)[C@@](O)(c3ccccc3)c3ccccc32)cc1. The van der Waals surface area contributed by atoms with E-state index >= 15 is 0 Å². The topological polar surface area (TPSA) is 64.3 Å². The number of nitriles is 1. The van der Waals surface area contributed by atoms with E-state index in [9.17, 15) is 9.90 Å². The molecule has 1 N–H and O–H groups in total. The van der Waals surface area contributed by atoms with E-state index in [-0.39, 0.29) is 5.91 Å². The summed E-state index contributed by atoms with van der Waals surface area (Å²) >= 11 is 0. The van der Waals surface area contributed by atoms with Crippen LogP contribution in [0.5, 0.6) is 0 Å². The molecule has 3 aromatic carbocycles. The van der Waals surface area contributed by atoms with Crippen molar-refractivity contribution in [3.63, 3.8) is 0 Å². The summed E-state index contributed by atoms with van der Waals surface area (Å²) in [5.74, 6) is -0.366. The van der Waals surface area contributed by atoms with Crippen molar-refractivity contribution in [2.24, 2.45) is 0 Å². The quantitative estimate of drug-likeness (QED) is 0.795. The standard InChI is InChI=1S/C22H16N2O2/c23-14-16-10-12-17(13-11-16)15-24-20-9-5-4-8-19(20)22(26,21(24)25)18-6-2-1-3-7-18/h1-13,26H,15H2/t22-/m1/s1. The predicted octanol–water partition coefficient (Wildman–Crippen LogP) is 3.34. The molecular formula is C22H16N2O2. The zero-order valence-electron chi connectivity index (χ0n) is 14.0. The smallest absolute Gasteiger partial charge is 0.268 e. The van der Waals surface area contributed by atoms with Gasteiger partial charge in [0.25, 0.3) is 5.91 Å². The van der Waals surface area contributed by atoms with Crippen molar-refractivity contribution < 1.29 is 9.90 Å². The molecule has 3 aromatic rings. The third kappa shape index (κ3) is 2.38. The molecule has 26 heavy (non-hydrogen) atoms. The Hall–Kier alpha value is -3.42. The lowest BCUT2D eigenvalue weighted by Crippen LogP contribution is -2.40. The normalized spacial score (nSPS) is 18.5. The third-order valence-electron chi connectivity index (χ3n) is 4.75. The first-order chi connectivity index (χ1) is 12.6. The first-order valence-corrected chi connectivity index (χ1v) is 8.33. The Balaban J connectivity index is 1.77. The molecule has 0 aliphatic carbocycles. The Morgan fingerprint density at radius 2 is 1.58 bits per heavy atom. The lowest BCUT2D eigenvalue weighted by molar-refractivity contribution is -0.132. The van der Waals surface area contributed by atoms with Crippen molar-refractivity contribution in [2.45, 2.75) is 12.1 Å². The Bertz CT molecular complexity index is 1010. The van der Waals surface area contributed by atoms with Crippen molar-refractivity contribution in [1.29, 1.82) is 5.26 Å². The number of carbonyl (C=O) groups is 1. The average molecular weight is 340 g/mol. The third-order valence-corrected chi connectivity index (χ3v) is 4.75. The van der Waals surface area contributed by atoms with Crippen LogP contribution in [-0.2, 0) is 16.9 Å². The molecule has 1 heterocycles. The molecule has 1 amide bonds. The molecule has 0 saturated heterocycles. The van der Waals surface area contributed by atoms with Crippen LogP contribution in [0.25, 0.3) is 0 Å². The number of para-hydroxylation sites is 1. The van der Waals surface area contributed by atoms with Gasteiger partial charge in [0, 0.05) is 5.56 Å². The summed E-state index contributed by atoms with van der Waals surface area (Å²) in [5.41, 5.74) is 1.62. The number of aliphatic hydroxyl groups is 1. The number of benzene rings is 3. The van der Waals surface area contributed by atoms with Gasteiger partial charge < -0.3 is 10.0 Å². The number of hydrogen-bond acceptors (Lipinski definition) is 3. The minimum atomic E-state index is -1.69. The molecular weight excluding hydrogens is 324 g/mol. The molecule has 4 nitrogen and oxygen atoms in total. The number of carbonyl (C=O) groups excluding carboxylic acids is 1. The molecule has 0 fully saturated rings. The van der Waals surface area contributed by atoms with Gasteiger partial charge in [-0.3, -0.25) is 4.79 Å². The summed E-state index contributed by atoms with van der Waals surface area (Å²) in [7, 11) is 0. The van der Waals surface area contributed by atoms with E-state index < -0.39 is 5.60 Å². The van der Waals surface area contributed by atoms with E-state index in [1.807, 2.05) is 48.5 Å². The van der Waals surface area contributed by atoms with Gasteiger partial charge in [0.05, 0.1) is 23.9 Å². The van der Waals surface area contributed by atoms with Crippen molar-refractivity contribution in [2.75, 3.05) is 4.90 Å². The van der Waals surface area contributed by atoms with Gasteiger partial charge in [-0.15, -0.1) is 0 Å². The Kier molecular flexibility index (Phi) is 3.80. The maximum atomic E-state index is 13.2. The molecule has 0 spiro atoms. The molecule has 1 atom stereocenters. The molecule has 0 unspecified atom stereocenters. The second-order valence-electron chi connectivity index (χ2n) is 6.29. The lowest BCUT2D eigenvalue weighted by Gasteiger charge is -2.23. The first kappa shape index (κ1) is 16.1. The van der Waals surface area contributed by atoms with Gasteiger partial charge in [0.1, 0.15) is 0 Å². The maximum Gasteiger partial charge on any atom is 0.268 e. The van der Waals surface area contributed by atoms with E-state index in [1.54, 1.807) is 35.2 Å². The van der Waals surface area contributed by atoms with Crippen LogP contribution in [0, 0.1) is 11.3 Å². The molecule has 0 aromatic heterocycles. The fraction of sp³-hybridized carbons (Fsp3) is 0.0909. The van der Waals surface area contributed by atoms with Gasteiger partial charge in [0.15, 0.2) is 5.60 Å². The zero-order chi connectivity index (χ0) is 18.1. The molecule has 4 rings (SSSR count). The largest absolute Gasteiger partial charge is 0.372 e. The number of rotatable bonds is 3. The molecule has 0 saturated carbocycles. The zero-order valence-corrected chi connectivity index (χ0v) is 14.0. The van der Waals surface area contributed by atoms with Crippen molar-refractivity contribution in [3.05, 3.63) is 101 Å². The molecule has 1 aliphatic rings. The minimum absolute atomic E-state index is 0.330. The summed E-state index contributed by atoms with van der Waals surface area (Å²) in [6, 6.07) is 25.5. The van der Waals surface area contributed by atoms with Gasteiger partial charge in [-0.25, -0.2) is 0 Å². The monoisotopic (exact) mass is 340 g/mol. The summed E-state index contributed by atoms with van der Waals surface area (Å²) < 4.78 is 0. The second-order valence-corrected chi connectivity index (χ2v) is 6.29. The maximum absolute atomic E-state index is 13.2. The minimum Gasteiger partial charge on any atom is -0.372 e. The van der Waals surface area contributed by atoms with E-state index in [4.69, 9.17) is 5.26 Å². The number of nitrogens with zero attached hydrogens (tertiary/aromatic N) is 2. The van der Waals surface area contributed by atoms with E-state index in [1.165, 1.54) is 0 Å². The number of amides is 1. The van der Waals surface area contributed by atoms with Gasteiger partial charge in [-0.2, -0.15) is 5.26 Å². The predicted molar refractivity (Wildman–Crippen MR) is 98.2 cm³/mol. The highest BCUT2D eigenvalue weighted by molar-refractivity contribution is 6.09. The second kappa shape index (κ2) is 6.14. The number of hydrogen-bond donors (Lipinski definition) is 1. The van der Waals surface area contributed by atoms with Crippen LogP contribution >= 0.6 is 0 Å². The fourth-order valence-corrected chi connectivity index (χ4v) is 3.42. The van der Waals surface area contributed by atoms with Crippen LogP contribution in [0.2, 0.25) is 0 Å². The van der Waals surface area contributed by atoms with E-state index in [0.717, 1.165) is 5.56 Å². The Morgan fingerprint density at radius 1 is 0.923 bits per heavy atom. The highest BCUT2D eigenvalue weighted by atomic mass is 16.3. The van der Waals surface area contributed by atoms with Gasteiger partial charge in [0.2, 0.25) is 0 Å². The van der Waals surface area contributed by atoms with Crippen LogP contribution in [0.3, 0.4) is 0 Å². The molecule has 126 valence electrons. The van der Waals surface area contributed by atoms with Crippen molar-refractivity contribution >= 4 is 11.6 Å². The summed E-state index contributed by atoms with van der Waals surface area (Å²) in [5, 5.41) is 20.3. The molecule has 0 bridgehead atoms. The summed E-state index contributed by atoms with van der Waals surface area (Å²) in [4.78, 5) is 14.8. The molecule has 4 heteroatoms. The van der Waals surface area contributed by atoms with Crippen LogP contribution in [0.15, 0.2) is 78.9 Å². The first-order valence-electron chi connectivity index (χ1n) is 8.33. The van der Waals surface area contributed by atoms with Gasteiger partial charge in [-0.05, 0) is 29.3 Å². The highest BCUT2D eigenvalue weighted by Crippen LogP contribution is 2.44. The Morgan fingerprint density at radius 3 is 2.27 bits per heavy atom. The van der Waals surface area contributed by atoms with Crippen LogP contribution in [-0.4, -0.2) is 11.0 Å². The average Bonchev–Trinajstić information content (AvgIpc) is 2.92. The molecule has 1 aliphatic heterocycles. The van der Waals surface area contributed by atoms with Crippen LogP contribution < -0.4 is 4.90 Å². The number of fused-ring (bicyclic) bond motifs is 1. The van der Waals surface area contributed by atoms with Gasteiger partial charge in [-0.1, -0.05) is 60.7 Å². The Labute approximate surface area is 151 Å². The lowest BCUT2D eigenvalue weighted by atomic mass is 9.88. The van der Waals surface area contributed by atoms with E-state index in [2.05, 4.69) is 6.07 Å². The number of anilines is 1. The van der Waals surface area contributed by atoms with Gasteiger partial charge >= 0.3 is 0 Å².